The SMILES string of the molecule is CCOC(=O)c1ccc(CCC2CCCc3cncn32)cc1. The molecular formula is C18H22N2O2. The van der Waals surface area contributed by atoms with Crippen LogP contribution in [-0.4, -0.2) is 22.1 Å². The summed E-state index contributed by atoms with van der Waals surface area (Å²) < 4.78 is 7.33. The number of ether oxygens (including phenoxy) is 1. The molecule has 1 unspecified atom stereocenters. The van der Waals surface area contributed by atoms with Crippen LogP contribution in [0.4, 0.5) is 0 Å². The molecule has 0 aliphatic carbocycles. The zero-order valence-corrected chi connectivity index (χ0v) is 13.0. The largest absolute Gasteiger partial charge is 0.462 e. The van der Waals surface area contributed by atoms with E-state index < -0.39 is 0 Å². The van der Waals surface area contributed by atoms with Gasteiger partial charge < -0.3 is 9.30 Å². The van der Waals surface area contributed by atoms with Crippen molar-refractivity contribution in [2.75, 3.05) is 6.61 Å². The van der Waals surface area contributed by atoms with E-state index in [0.29, 0.717) is 18.2 Å². The second-order valence-corrected chi connectivity index (χ2v) is 5.79. The number of carbonyl (C=O) groups excluding carboxylic acids is 1. The maximum atomic E-state index is 11.6. The molecule has 0 saturated heterocycles. The lowest BCUT2D eigenvalue weighted by atomic mass is 9.96. The van der Waals surface area contributed by atoms with Crippen molar-refractivity contribution >= 4 is 5.97 Å². The second-order valence-electron chi connectivity index (χ2n) is 5.79. The number of nitrogens with zero attached hydrogens (tertiary/aromatic N) is 2. The normalized spacial score (nSPS) is 17.0. The quantitative estimate of drug-likeness (QED) is 0.793. The van der Waals surface area contributed by atoms with Gasteiger partial charge >= 0.3 is 5.97 Å². The molecule has 116 valence electrons. The molecule has 1 aromatic carbocycles. The van der Waals surface area contributed by atoms with Gasteiger partial charge in [0.15, 0.2) is 0 Å². The van der Waals surface area contributed by atoms with Gasteiger partial charge in [-0.25, -0.2) is 9.78 Å². The molecular weight excluding hydrogens is 276 g/mol. The Bertz CT molecular complexity index is 631. The number of esters is 1. The van der Waals surface area contributed by atoms with Gasteiger partial charge in [0.2, 0.25) is 0 Å². The van der Waals surface area contributed by atoms with Crippen LogP contribution in [0.1, 0.15) is 53.8 Å². The number of rotatable bonds is 5. The van der Waals surface area contributed by atoms with E-state index in [1.54, 1.807) is 0 Å². The minimum absolute atomic E-state index is 0.246. The molecule has 22 heavy (non-hydrogen) atoms. The molecule has 0 fully saturated rings. The molecule has 4 nitrogen and oxygen atoms in total. The standard InChI is InChI=1S/C18H22N2O2/c1-2-22-18(21)15-9-6-14(7-10-15)8-11-16-4-3-5-17-12-19-13-20(16)17/h6-7,9-10,12-13,16H,2-5,8,11H2,1H3. The zero-order chi connectivity index (χ0) is 15.4. The number of hydrogen-bond acceptors (Lipinski definition) is 3. The van der Waals surface area contributed by atoms with E-state index in [0.717, 1.165) is 19.3 Å². The smallest absolute Gasteiger partial charge is 0.338 e. The lowest BCUT2D eigenvalue weighted by molar-refractivity contribution is 0.0526. The Morgan fingerprint density at radius 2 is 2.18 bits per heavy atom. The predicted octanol–water partition coefficient (Wildman–Crippen LogP) is 3.57. The van der Waals surface area contributed by atoms with Crippen molar-refractivity contribution in [2.24, 2.45) is 0 Å². The number of aromatic nitrogens is 2. The van der Waals surface area contributed by atoms with Gasteiger partial charge in [-0.05, 0) is 56.7 Å². The Morgan fingerprint density at radius 3 is 2.95 bits per heavy atom. The third-order valence-corrected chi connectivity index (χ3v) is 4.34. The number of imidazole rings is 1. The van der Waals surface area contributed by atoms with Crippen LogP contribution >= 0.6 is 0 Å². The highest BCUT2D eigenvalue weighted by atomic mass is 16.5. The summed E-state index contributed by atoms with van der Waals surface area (Å²) in [7, 11) is 0. The molecule has 1 atom stereocenters. The molecule has 0 amide bonds. The van der Waals surface area contributed by atoms with Crippen molar-refractivity contribution in [3.05, 3.63) is 53.6 Å². The lowest BCUT2D eigenvalue weighted by Crippen LogP contribution is -2.17. The number of fused-ring (bicyclic) bond motifs is 1. The van der Waals surface area contributed by atoms with Crippen molar-refractivity contribution in [1.29, 1.82) is 0 Å². The van der Waals surface area contributed by atoms with Gasteiger partial charge in [-0.3, -0.25) is 0 Å². The average molecular weight is 298 g/mol. The fourth-order valence-electron chi connectivity index (χ4n) is 3.15. The van der Waals surface area contributed by atoms with Gasteiger partial charge in [0, 0.05) is 17.9 Å². The first-order chi connectivity index (χ1) is 10.8. The van der Waals surface area contributed by atoms with E-state index in [1.165, 1.54) is 24.1 Å². The zero-order valence-electron chi connectivity index (χ0n) is 13.0. The third kappa shape index (κ3) is 3.21. The Balaban J connectivity index is 1.60. The number of hydrogen-bond donors (Lipinski definition) is 0. The molecule has 2 aromatic rings. The summed E-state index contributed by atoms with van der Waals surface area (Å²) in [6.45, 7) is 2.23. The first-order valence-electron chi connectivity index (χ1n) is 8.04. The second kappa shape index (κ2) is 6.77. The van der Waals surface area contributed by atoms with E-state index in [2.05, 4.69) is 9.55 Å². The minimum atomic E-state index is -0.246. The summed E-state index contributed by atoms with van der Waals surface area (Å²) in [6, 6.07) is 8.33. The van der Waals surface area contributed by atoms with Gasteiger partial charge in [-0.2, -0.15) is 0 Å². The molecule has 4 heteroatoms. The summed E-state index contributed by atoms with van der Waals surface area (Å²) in [5.74, 6) is -0.246. The summed E-state index contributed by atoms with van der Waals surface area (Å²) in [6.07, 6.45) is 9.70. The Kier molecular flexibility index (Phi) is 4.56. The summed E-state index contributed by atoms with van der Waals surface area (Å²) in [5.41, 5.74) is 3.24. The summed E-state index contributed by atoms with van der Waals surface area (Å²) >= 11 is 0. The van der Waals surface area contributed by atoms with Crippen LogP contribution in [0.25, 0.3) is 0 Å². The van der Waals surface area contributed by atoms with Crippen LogP contribution in [0.2, 0.25) is 0 Å². The average Bonchev–Trinajstić information content (AvgIpc) is 3.03. The van der Waals surface area contributed by atoms with E-state index in [1.807, 2.05) is 43.7 Å². The van der Waals surface area contributed by atoms with Gasteiger partial charge in [-0.1, -0.05) is 12.1 Å². The third-order valence-electron chi connectivity index (χ3n) is 4.34. The van der Waals surface area contributed by atoms with Crippen molar-refractivity contribution in [3.8, 4) is 0 Å². The highest BCUT2D eigenvalue weighted by Gasteiger charge is 2.19. The van der Waals surface area contributed by atoms with Crippen LogP contribution < -0.4 is 0 Å². The van der Waals surface area contributed by atoms with Crippen LogP contribution in [0.3, 0.4) is 0 Å². The van der Waals surface area contributed by atoms with Gasteiger partial charge in [0.25, 0.3) is 0 Å². The molecule has 3 rings (SSSR count). The van der Waals surface area contributed by atoms with Crippen LogP contribution in [0, 0.1) is 0 Å². The van der Waals surface area contributed by atoms with Crippen molar-refractivity contribution in [2.45, 2.75) is 45.1 Å². The molecule has 1 aliphatic rings. The van der Waals surface area contributed by atoms with E-state index in [-0.39, 0.29) is 5.97 Å². The highest BCUT2D eigenvalue weighted by Crippen LogP contribution is 2.28. The first-order valence-corrected chi connectivity index (χ1v) is 8.04. The molecule has 0 radical (unpaired) electrons. The van der Waals surface area contributed by atoms with E-state index >= 15 is 0 Å². The maximum Gasteiger partial charge on any atom is 0.338 e. The van der Waals surface area contributed by atoms with E-state index in [4.69, 9.17) is 4.74 Å². The molecule has 1 aromatic heterocycles. The van der Waals surface area contributed by atoms with E-state index in [9.17, 15) is 4.79 Å². The fourth-order valence-corrected chi connectivity index (χ4v) is 3.15. The van der Waals surface area contributed by atoms with Crippen molar-refractivity contribution in [3.63, 3.8) is 0 Å². The van der Waals surface area contributed by atoms with Crippen molar-refractivity contribution in [1.82, 2.24) is 9.55 Å². The summed E-state index contributed by atoms with van der Waals surface area (Å²) in [4.78, 5) is 15.9. The van der Waals surface area contributed by atoms with Crippen LogP contribution in [-0.2, 0) is 17.6 Å². The lowest BCUT2D eigenvalue weighted by Gasteiger charge is -2.25. The Labute approximate surface area is 131 Å². The Morgan fingerprint density at radius 1 is 1.36 bits per heavy atom. The minimum Gasteiger partial charge on any atom is -0.462 e. The fraction of sp³-hybridized carbons (Fsp3) is 0.444. The number of aryl methyl sites for hydroxylation is 2. The maximum absolute atomic E-state index is 11.6. The van der Waals surface area contributed by atoms with Crippen LogP contribution in [0.15, 0.2) is 36.8 Å². The molecule has 0 spiro atoms. The summed E-state index contributed by atoms with van der Waals surface area (Å²) in [5, 5.41) is 0. The molecule has 0 saturated carbocycles. The Hall–Kier alpha value is -2.10. The van der Waals surface area contributed by atoms with Gasteiger partial charge in [0.05, 0.1) is 18.5 Å². The number of carbonyl (C=O) groups is 1. The molecule has 0 bridgehead atoms. The first kappa shape index (κ1) is 14.8. The monoisotopic (exact) mass is 298 g/mol. The predicted molar refractivity (Wildman–Crippen MR) is 84.9 cm³/mol. The molecule has 2 heterocycles. The molecule has 0 N–H and O–H groups in total. The highest BCUT2D eigenvalue weighted by molar-refractivity contribution is 5.89. The van der Waals surface area contributed by atoms with Gasteiger partial charge in [0.1, 0.15) is 0 Å². The van der Waals surface area contributed by atoms with Crippen molar-refractivity contribution < 1.29 is 9.53 Å². The molecule has 1 aliphatic heterocycles. The van der Waals surface area contributed by atoms with Crippen LogP contribution in [0.5, 0.6) is 0 Å². The van der Waals surface area contributed by atoms with Gasteiger partial charge in [-0.15, -0.1) is 0 Å². The topological polar surface area (TPSA) is 44.1 Å². The number of benzene rings is 1.